The van der Waals surface area contributed by atoms with Crippen LogP contribution >= 0.6 is 0 Å². The largest absolute Gasteiger partial charge is 0.390 e. The van der Waals surface area contributed by atoms with Gasteiger partial charge in [0.1, 0.15) is 6.10 Å². The summed E-state index contributed by atoms with van der Waals surface area (Å²) < 4.78 is 0. The third kappa shape index (κ3) is 3.41. The highest BCUT2D eigenvalue weighted by Gasteiger charge is 2.18. The standard InChI is InChI=1S/C14H16N4O3/c1-8-6-13(20)10-7-9(2-3-11(10)17-8)14(21)12(19)4-5-16-18-15/h2-3,6-7,12,14,19,21H,4-5H2,1H3,(H,17,20). The van der Waals surface area contributed by atoms with Crippen LogP contribution in [0.2, 0.25) is 0 Å². The van der Waals surface area contributed by atoms with E-state index in [1.807, 2.05) is 0 Å². The summed E-state index contributed by atoms with van der Waals surface area (Å²) in [5.41, 5.74) is 9.93. The number of fused-ring (bicyclic) bond motifs is 1. The molecule has 110 valence electrons. The molecule has 1 aromatic heterocycles. The number of aryl methyl sites for hydroxylation is 1. The topological polar surface area (TPSA) is 122 Å². The molecule has 21 heavy (non-hydrogen) atoms. The van der Waals surface area contributed by atoms with Gasteiger partial charge in [0.05, 0.1) is 6.10 Å². The number of aromatic nitrogens is 1. The van der Waals surface area contributed by atoms with Crippen LogP contribution in [-0.4, -0.2) is 27.8 Å². The Hall–Kier alpha value is -2.34. The Morgan fingerprint density at radius 1 is 1.38 bits per heavy atom. The van der Waals surface area contributed by atoms with Gasteiger partial charge in [-0.05, 0) is 36.6 Å². The van der Waals surface area contributed by atoms with E-state index >= 15 is 0 Å². The molecule has 0 spiro atoms. The van der Waals surface area contributed by atoms with E-state index in [2.05, 4.69) is 15.0 Å². The minimum atomic E-state index is -1.14. The summed E-state index contributed by atoms with van der Waals surface area (Å²) in [6.07, 6.45) is -2.05. The molecule has 0 saturated heterocycles. The maximum Gasteiger partial charge on any atom is 0.189 e. The second-order valence-electron chi connectivity index (χ2n) is 4.88. The van der Waals surface area contributed by atoms with Gasteiger partial charge in [-0.25, -0.2) is 0 Å². The minimum absolute atomic E-state index is 0.0993. The second kappa shape index (κ2) is 6.41. The lowest BCUT2D eigenvalue weighted by Gasteiger charge is -2.17. The zero-order valence-electron chi connectivity index (χ0n) is 11.5. The summed E-state index contributed by atoms with van der Waals surface area (Å²) in [5, 5.41) is 23.7. The average Bonchev–Trinajstić information content (AvgIpc) is 2.46. The fourth-order valence-electron chi connectivity index (χ4n) is 2.20. The number of H-pyrrole nitrogens is 1. The molecule has 2 unspecified atom stereocenters. The van der Waals surface area contributed by atoms with Crippen molar-refractivity contribution in [2.45, 2.75) is 25.6 Å². The highest BCUT2D eigenvalue weighted by atomic mass is 16.3. The van der Waals surface area contributed by atoms with Crippen molar-refractivity contribution in [2.75, 3.05) is 6.54 Å². The lowest BCUT2D eigenvalue weighted by Crippen LogP contribution is -2.19. The van der Waals surface area contributed by atoms with Crippen LogP contribution in [-0.2, 0) is 0 Å². The predicted octanol–water partition coefficient (Wildman–Crippen LogP) is 1.93. The molecule has 1 heterocycles. The normalized spacial score (nSPS) is 13.7. The van der Waals surface area contributed by atoms with Crippen LogP contribution in [0.5, 0.6) is 0 Å². The molecule has 2 atom stereocenters. The van der Waals surface area contributed by atoms with Gasteiger partial charge in [-0.3, -0.25) is 4.79 Å². The van der Waals surface area contributed by atoms with Crippen molar-refractivity contribution in [3.8, 4) is 0 Å². The third-order valence-corrected chi connectivity index (χ3v) is 3.28. The van der Waals surface area contributed by atoms with Gasteiger partial charge in [0, 0.05) is 34.1 Å². The number of aliphatic hydroxyl groups excluding tert-OH is 2. The molecule has 0 saturated carbocycles. The third-order valence-electron chi connectivity index (χ3n) is 3.28. The minimum Gasteiger partial charge on any atom is -0.390 e. The number of aliphatic hydroxyl groups is 2. The molecular weight excluding hydrogens is 272 g/mol. The molecule has 7 nitrogen and oxygen atoms in total. The van der Waals surface area contributed by atoms with Crippen molar-refractivity contribution in [2.24, 2.45) is 5.11 Å². The summed E-state index contributed by atoms with van der Waals surface area (Å²) in [4.78, 5) is 17.6. The molecular formula is C14H16N4O3. The first-order valence-corrected chi connectivity index (χ1v) is 6.53. The van der Waals surface area contributed by atoms with E-state index in [1.54, 1.807) is 25.1 Å². The van der Waals surface area contributed by atoms with E-state index in [0.717, 1.165) is 5.69 Å². The van der Waals surface area contributed by atoms with E-state index < -0.39 is 12.2 Å². The molecule has 1 aromatic carbocycles. The number of nitrogens with zero attached hydrogens (tertiary/aromatic N) is 3. The molecule has 0 fully saturated rings. The Kier molecular flexibility index (Phi) is 4.59. The Bertz CT molecular complexity index is 749. The molecule has 0 aliphatic carbocycles. The van der Waals surface area contributed by atoms with E-state index in [9.17, 15) is 15.0 Å². The van der Waals surface area contributed by atoms with Gasteiger partial charge in [-0.2, -0.15) is 0 Å². The van der Waals surface area contributed by atoms with Gasteiger partial charge < -0.3 is 15.2 Å². The average molecular weight is 288 g/mol. The number of hydrogen-bond donors (Lipinski definition) is 3. The van der Waals surface area contributed by atoms with Crippen LogP contribution in [0, 0.1) is 6.92 Å². The summed E-state index contributed by atoms with van der Waals surface area (Å²) >= 11 is 0. The molecule has 3 N–H and O–H groups in total. The van der Waals surface area contributed by atoms with Gasteiger partial charge in [0.2, 0.25) is 0 Å². The fraction of sp³-hybridized carbons (Fsp3) is 0.357. The number of aromatic amines is 1. The predicted molar refractivity (Wildman–Crippen MR) is 78.9 cm³/mol. The Morgan fingerprint density at radius 3 is 2.86 bits per heavy atom. The summed E-state index contributed by atoms with van der Waals surface area (Å²) in [5.74, 6) is 0. The Labute approximate surface area is 120 Å². The van der Waals surface area contributed by atoms with Crippen LogP contribution < -0.4 is 5.43 Å². The summed E-state index contributed by atoms with van der Waals surface area (Å²) in [6, 6.07) is 6.40. The van der Waals surface area contributed by atoms with Crippen LogP contribution in [0.3, 0.4) is 0 Å². The van der Waals surface area contributed by atoms with Crippen molar-refractivity contribution in [1.82, 2.24) is 4.98 Å². The molecule has 7 heteroatoms. The first-order valence-electron chi connectivity index (χ1n) is 6.53. The van der Waals surface area contributed by atoms with Gasteiger partial charge >= 0.3 is 0 Å². The van der Waals surface area contributed by atoms with Crippen molar-refractivity contribution < 1.29 is 10.2 Å². The first-order chi connectivity index (χ1) is 10.0. The summed E-state index contributed by atoms with van der Waals surface area (Å²) in [6.45, 7) is 1.89. The molecule has 2 aromatic rings. The molecule has 0 aliphatic heterocycles. The maximum absolute atomic E-state index is 11.9. The van der Waals surface area contributed by atoms with Crippen molar-refractivity contribution in [3.63, 3.8) is 0 Å². The zero-order chi connectivity index (χ0) is 15.4. The van der Waals surface area contributed by atoms with E-state index in [0.29, 0.717) is 16.5 Å². The molecule has 2 rings (SSSR count). The Balaban J connectivity index is 2.29. The maximum atomic E-state index is 11.9. The van der Waals surface area contributed by atoms with Crippen LogP contribution in [0.4, 0.5) is 0 Å². The number of azide groups is 1. The van der Waals surface area contributed by atoms with Crippen molar-refractivity contribution >= 4 is 10.9 Å². The lowest BCUT2D eigenvalue weighted by atomic mass is 10.00. The second-order valence-corrected chi connectivity index (χ2v) is 4.88. The van der Waals surface area contributed by atoms with Crippen molar-refractivity contribution in [1.29, 1.82) is 0 Å². The van der Waals surface area contributed by atoms with E-state index in [1.165, 1.54) is 6.07 Å². The quantitative estimate of drug-likeness (QED) is 0.442. The molecule has 0 amide bonds. The van der Waals surface area contributed by atoms with E-state index in [-0.39, 0.29) is 18.4 Å². The number of nitrogens with one attached hydrogen (secondary N) is 1. The van der Waals surface area contributed by atoms with Crippen LogP contribution in [0.25, 0.3) is 21.3 Å². The highest BCUT2D eigenvalue weighted by molar-refractivity contribution is 5.79. The number of rotatable bonds is 5. The van der Waals surface area contributed by atoms with Crippen molar-refractivity contribution in [3.05, 3.63) is 56.2 Å². The first kappa shape index (κ1) is 15.1. The molecule has 0 bridgehead atoms. The van der Waals surface area contributed by atoms with Gasteiger partial charge in [0.25, 0.3) is 0 Å². The SMILES string of the molecule is Cc1cc(=O)c2cc(C(O)C(O)CCN=[N+]=[N-])ccc2[nH]1. The smallest absolute Gasteiger partial charge is 0.189 e. The van der Waals surface area contributed by atoms with Gasteiger partial charge in [-0.15, -0.1) is 0 Å². The number of hydrogen-bond acceptors (Lipinski definition) is 4. The zero-order valence-corrected chi connectivity index (χ0v) is 11.5. The van der Waals surface area contributed by atoms with E-state index in [4.69, 9.17) is 5.53 Å². The number of benzene rings is 1. The molecule has 0 aliphatic rings. The Morgan fingerprint density at radius 2 is 2.14 bits per heavy atom. The highest BCUT2D eigenvalue weighted by Crippen LogP contribution is 2.22. The van der Waals surface area contributed by atoms with Crippen LogP contribution in [0.1, 0.15) is 23.8 Å². The van der Waals surface area contributed by atoms with Crippen LogP contribution in [0.15, 0.2) is 34.2 Å². The fourth-order valence-corrected chi connectivity index (χ4v) is 2.20. The van der Waals surface area contributed by atoms with Gasteiger partial charge in [-0.1, -0.05) is 11.2 Å². The summed E-state index contributed by atoms with van der Waals surface area (Å²) in [7, 11) is 0. The number of pyridine rings is 1. The van der Waals surface area contributed by atoms with Gasteiger partial charge in [0.15, 0.2) is 5.43 Å². The molecule has 0 radical (unpaired) electrons. The monoisotopic (exact) mass is 288 g/mol. The lowest BCUT2D eigenvalue weighted by molar-refractivity contribution is 0.0151.